The first-order valence-electron chi connectivity index (χ1n) is 6.25. The Morgan fingerprint density at radius 3 is 2.89 bits per heavy atom. The maximum absolute atomic E-state index is 11.0. The number of methoxy groups -OCH3 is 1. The molecule has 1 aliphatic heterocycles. The van der Waals surface area contributed by atoms with E-state index in [1.54, 1.807) is 19.2 Å². The van der Waals surface area contributed by atoms with Gasteiger partial charge >= 0.3 is 5.97 Å². The molecule has 0 aliphatic carbocycles. The minimum absolute atomic E-state index is 0.317. The lowest BCUT2D eigenvalue weighted by molar-refractivity contribution is 0.0696. The zero-order valence-corrected chi connectivity index (χ0v) is 10.8. The van der Waals surface area contributed by atoms with Crippen LogP contribution in [0, 0.1) is 0 Å². The highest BCUT2D eigenvalue weighted by atomic mass is 16.5. The third-order valence-corrected chi connectivity index (χ3v) is 3.49. The van der Waals surface area contributed by atoms with Crippen LogP contribution in [0.15, 0.2) is 18.2 Å². The molecular weight excluding hydrogens is 230 g/mol. The second-order valence-electron chi connectivity index (χ2n) is 4.77. The van der Waals surface area contributed by atoms with E-state index in [0.717, 1.165) is 17.8 Å². The van der Waals surface area contributed by atoms with E-state index in [-0.39, 0.29) is 0 Å². The van der Waals surface area contributed by atoms with Gasteiger partial charge in [0.15, 0.2) is 0 Å². The van der Waals surface area contributed by atoms with E-state index in [1.807, 2.05) is 6.07 Å². The molecule has 1 fully saturated rings. The van der Waals surface area contributed by atoms with Crippen molar-refractivity contribution in [1.82, 2.24) is 0 Å². The fourth-order valence-corrected chi connectivity index (χ4v) is 2.56. The summed E-state index contributed by atoms with van der Waals surface area (Å²) in [5.74, 6) is -0.895. The van der Waals surface area contributed by atoms with E-state index in [9.17, 15) is 4.79 Å². The molecular formula is C14H19NO3. The Morgan fingerprint density at radius 1 is 1.56 bits per heavy atom. The van der Waals surface area contributed by atoms with Crippen LogP contribution in [0.1, 0.15) is 35.7 Å². The van der Waals surface area contributed by atoms with Gasteiger partial charge in [0.25, 0.3) is 0 Å². The zero-order valence-electron chi connectivity index (χ0n) is 10.8. The van der Waals surface area contributed by atoms with Gasteiger partial charge in [-0.25, -0.2) is 4.79 Å². The second kappa shape index (κ2) is 5.40. The van der Waals surface area contributed by atoms with Crippen LogP contribution in [-0.2, 0) is 11.3 Å². The minimum Gasteiger partial charge on any atom is -0.478 e. The molecule has 0 amide bonds. The summed E-state index contributed by atoms with van der Waals surface area (Å²) in [7, 11) is 1.63. The molecule has 1 aliphatic rings. The Labute approximate surface area is 107 Å². The lowest BCUT2D eigenvalue weighted by Gasteiger charge is -2.26. The van der Waals surface area contributed by atoms with Crippen LogP contribution in [0.25, 0.3) is 0 Å². The number of carboxylic acids is 1. The molecule has 0 aromatic heterocycles. The molecule has 1 heterocycles. The number of rotatable bonds is 4. The van der Waals surface area contributed by atoms with E-state index in [0.29, 0.717) is 18.2 Å². The van der Waals surface area contributed by atoms with Crippen molar-refractivity contribution in [2.24, 2.45) is 0 Å². The first-order valence-corrected chi connectivity index (χ1v) is 6.25. The number of hydrogen-bond donors (Lipinski definition) is 1. The Bertz CT molecular complexity index is 445. The van der Waals surface area contributed by atoms with Crippen molar-refractivity contribution in [3.05, 3.63) is 29.3 Å². The first-order chi connectivity index (χ1) is 8.63. The second-order valence-corrected chi connectivity index (χ2v) is 4.77. The van der Waals surface area contributed by atoms with Crippen molar-refractivity contribution >= 4 is 11.7 Å². The molecule has 0 bridgehead atoms. The lowest BCUT2D eigenvalue weighted by Crippen LogP contribution is -2.27. The van der Waals surface area contributed by atoms with Crippen molar-refractivity contribution < 1.29 is 14.6 Å². The first kappa shape index (κ1) is 12.9. The van der Waals surface area contributed by atoms with Crippen LogP contribution in [0.3, 0.4) is 0 Å². The van der Waals surface area contributed by atoms with E-state index in [4.69, 9.17) is 9.84 Å². The fourth-order valence-electron chi connectivity index (χ4n) is 2.56. The fraction of sp³-hybridized carbons (Fsp3) is 0.500. The van der Waals surface area contributed by atoms with Gasteiger partial charge in [-0.05, 0) is 38.0 Å². The standard InChI is InChI=1S/C14H19NO3/c1-10-4-3-7-15(10)13-6-5-11(14(16)17)8-12(13)9-18-2/h5-6,8,10H,3-4,7,9H2,1-2H3,(H,16,17)/t10-/m1/s1. The third kappa shape index (κ3) is 2.48. The van der Waals surface area contributed by atoms with E-state index < -0.39 is 5.97 Å². The Kier molecular flexibility index (Phi) is 3.87. The van der Waals surface area contributed by atoms with Gasteiger partial charge in [-0.15, -0.1) is 0 Å². The van der Waals surface area contributed by atoms with E-state index in [2.05, 4.69) is 11.8 Å². The summed E-state index contributed by atoms with van der Waals surface area (Å²) < 4.78 is 5.18. The highest BCUT2D eigenvalue weighted by Crippen LogP contribution is 2.29. The van der Waals surface area contributed by atoms with Crippen molar-refractivity contribution in [3.8, 4) is 0 Å². The molecule has 4 heteroatoms. The average Bonchev–Trinajstić information content (AvgIpc) is 2.75. The number of hydrogen-bond acceptors (Lipinski definition) is 3. The summed E-state index contributed by atoms with van der Waals surface area (Å²) in [5, 5.41) is 9.03. The molecule has 2 rings (SSSR count). The van der Waals surface area contributed by atoms with Crippen LogP contribution in [-0.4, -0.2) is 30.8 Å². The van der Waals surface area contributed by atoms with Gasteiger partial charge in [0.05, 0.1) is 12.2 Å². The molecule has 0 unspecified atom stereocenters. The maximum Gasteiger partial charge on any atom is 0.335 e. The molecule has 0 saturated carbocycles. The molecule has 18 heavy (non-hydrogen) atoms. The molecule has 4 nitrogen and oxygen atoms in total. The van der Waals surface area contributed by atoms with Crippen LogP contribution in [0.4, 0.5) is 5.69 Å². The van der Waals surface area contributed by atoms with Gasteiger partial charge in [-0.3, -0.25) is 0 Å². The average molecular weight is 249 g/mol. The highest BCUT2D eigenvalue weighted by Gasteiger charge is 2.23. The number of anilines is 1. The van der Waals surface area contributed by atoms with Gasteiger partial charge in [0.1, 0.15) is 0 Å². The van der Waals surface area contributed by atoms with Crippen LogP contribution < -0.4 is 4.90 Å². The Morgan fingerprint density at radius 2 is 2.33 bits per heavy atom. The van der Waals surface area contributed by atoms with Crippen molar-refractivity contribution in [2.45, 2.75) is 32.4 Å². The molecule has 0 radical (unpaired) electrons. The third-order valence-electron chi connectivity index (χ3n) is 3.49. The number of aromatic carboxylic acids is 1. The van der Waals surface area contributed by atoms with Crippen molar-refractivity contribution in [1.29, 1.82) is 0 Å². The summed E-state index contributed by atoms with van der Waals surface area (Å²) in [4.78, 5) is 13.3. The predicted octanol–water partition coefficient (Wildman–Crippen LogP) is 2.52. The van der Waals surface area contributed by atoms with Crippen LogP contribution in [0.2, 0.25) is 0 Å². The number of ether oxygens (including phenoxy) is 1. The van der Waals surface area contributed by atoms with Gasteiger partial charge in [0, 0.05) is 30.9 Å². The van der Waals surface area contributed by atoms with Gasteiger partial charge < -0.3 is 14.7 Å². The predicted molar refractivity (Wildman–Crippen MR) is 70.2 cm³/mol. The molecule has 1 saturated heterocycles. The minimum atomic E-state index is -0.895. The molecule has 0 spiro atoms. The maximum atomic E-state index is 11.0. The Balaban J connectivity index is 2.36. The van der Waals surface area contributed by atoms with Crippen LogP contribution in [0.5, 0.6) is 0 Å². The van der Waals surface area contributed by atoms with Crippen molar-refractivity contribution in [3.63, 3.8) is 0 Å². The summed E-state index contributed by atoms with van der Waals surface area (Å²) in [6.45, 7) is 3.68. The smallest absolute Gasteiger partial charge is 0.335 e. The quantitative estimate of drug-likeness (QED) is 0.890. The number of carboxylic acid groups (broad SMARTS) is 1. The summed E-state index contributed by atoms with van der Waals surface area (Å²) in [5.41, 5.74) is 2.37. The van der Waals surface area contributed by atoms with Gasteiger partial charge in [0.2, 0.25) is 0 Å². The molecule has 1 N–H and O–H groups in total. The summed E-state index contributed by atoms with van der Waals surface area (Å²) in [6, 6.07) is 5.80. The number of benzene rings is 1. The summed E-state index contributed by atoms with van der Waals surface area (Å²) >= 11 is 0. The topological polar surface area (TPSA) is 49.8 Å². The molecule has 1 atom stereocenters. The molecule has 98 valence electrons. The molecule has 1 aromatic carbocycles. The number of carbonyl (C=O) groups is 1. The normalized spacial score (nSPS) is 19.2. The molecule has 1 aromatic rings. The highest BCUT2D eigenvalue weighted by molar-refractivity contribution is 5.88. The SMILES string of the molecule is COCc1cc(C(=O)O)ccc1N1CCC[C@H]1C. The van der Waals surface area contributed by atoms with Gasteiger partial charge in [-0.2, -0.15) is 0 Å². The Hall–Kier alpha value is -1.55. The monoisotopic (exact) mass is 249 g/mol. The lowest BCUT2D eigenvalue weighted by atomic mass is 10.1. The van der Waals surface area contributed by atoms with Crippen LogP contribution >= 0.6 is 0 Å². The van der Waals surface area contributed by atoms with E-state index in [1.165, 1.54) is 12.8 Å². The number of nitrogens with zero attached hydrogens (tertiary/aromatic N) is 1. The zero-order chi connectivity index (χ0) is 13.1. The summed E-state index contributed by atoms with van der Waals surface area (Å²) in [6.07, 6.45) is 2.38. The largest absolute Gasteiger partial charge is 0.478 e. The van der Waals surface area contributed by atoms with Gasteiger partial charge in [-0.1, -0.05) is 0 Å². The van der Waals surface area contributed by atoms with Crippen molar-refractivity contribution in [2.75, 3.05) is 18.6 Å². The van der Waals surface area contributed by atoms with E-state index >= 15 is 0 Å².